The molecular formula is C16H17BrO3. The minimum atomic E-state index is -0.504. The zero-order valence-electron chi connectivity index (χ0n) is 11.5. The highest BCUT2D eigenvalue weighted by atomic mass is 79.9. The molecule has 106 valence electrons. The fraction of sp³-hybridized carbons (Fsp3) is 0.250. The first-order valence-corrected chi connectivity index (χ1v) is 7.28. The lowest BCUT2D eigenvalue weighted by atomic mass is 10.1. The first-order chi connectivity index (χ1) is 9.61. The van der Waals surface area contributed by atoms with E-state index in [1.165, 1.54) is 0 Å². The van der Waals surface area contributed by atoms with Crippen LogP contribution in [0.2, 0.25) is 0 Å². The van der Waals surface area contributed by atoms with Crippen LogP contribution < -0.4 is 9.47 Å². The van der Waals surface area contributed by atoms with Crippen LogP contribution in [0.4, 0.5) is 0 Å². The van der Waals surface area contributed by atoms with E-state index in [1.807, 2.05) is 49.4 Å². The lowest BCUT2D eigenvalue weighted by molar-refractivity contribution is 0.199. The van der Waals surface area contributed by atoms with Gasteiger partial charge in [-0.05, 0) is 59.6 Å². The molecule has 0 aliphatic heterocycles. The molecule has 1 atom stereocenters. The molecule has 4 heteroatoms. The molecule has 0 aliphatic carbocycles. The summed E-state index contributed by atoms with van der Waals surface area (Å²) in [7, 11) is 0. The first kappa shape index (κ1) is 14.9. The molecule has 2 aromatic carbocycles. The van der Waals surface area contributed by atoms with Crippen LogP contribution in [0.15, 0.2) is 46.9 Å². The van der Waals surface area contributed by atoms with Crippen LogP contribution in [-0.2, 0) is 0 Å². The number of hydrogen-bond donors (Lipinski definition) is 1. The second-order valence-electron chi connectivity index (χ2n) is 4.35. The van der Waals surface area contributed by atoms with Crippen LogP contribution in [0.3, 0.4) is 0 Å². The van der Waals surface area contributed by atoms with Crippen molar-refractivity contribution in [3.8, 4) is 17.2 Å². The highest BCUT2D eigenvalue weighted by molar-refractivity contribution is 9.10. The Hall–Kier alpha value is -1.52. The summed E-state index contributed by atoms with van der Waals surface area (Å²) in [6, 6.07) is 13.1. The number of para-hydroxylation sites is 2. The molecule has 0 saturated carbocycles. The van der Waals surface area contributed by atoms with Gasteiger partial charge in [0.1, 0.15) is 5.75 Å². The Morgan fingerprint density at radius 1 is 1.10 bits per heavy atom. The van der Waals surface area contributed by atoms with Gasteiger partial charge in [-0.1, -0.05) is 18.2 Å². The van der Waals surface area contributed by atoms with Crippen molar-refractivity contribution in [2.24, 2.45) is 0 Å². The Labute approximate surface area is 127 Å². The summed E-state index contributed by atoms with van der Waals surface area (Å²) in [5.74, 6) is 2.06. The summed E-state index contributed by atoms with van der Waals surface area (Å²) < 4.78 is 12.2. The monoisotopic (exact) mass is 336 g/mol. The van der Waals surface area contributed by atoms with Crippen molar-refractivity contribution in [1.82, 2.24) is 0 Å². The molecular weight excluding hydrogens is 320 g/mol. The van der Waals surface area contributed by atoms with Crippen molar-refractivity contribution in [2.45, 2.75) is 20.0 Å². The second kappa shape index (κ2) is 6.77. The minimum Gasteiger partial charge on any atom is -0.490 e. The number of aliphatic hydroxyl groups excluding tert-OH is 1. The molecule has 2 aromatic rings. The van der Waals surface area contributed by atoms with Gasteiger partial charge in [0.2, 0.25) is 0 Å². The zero-order valence-corrected chi connectivity index (χ0v) is 13.1. The van der Waals surface area contributed by atoms with E-state index in [0.717, 1.165) is 10.0 Å². The van der Waals surface area contributed by atoms with Crippen molar-refractivity contribution < 1.29 is 14.6 Å². The van der Waals surface area contributed by atoms with Gasteiger partial charge >= 0.3 is 0 Å². The van der Waals surface area contributed by atoms with Gasteiger partial charge in [-0.3, -0.25) is 0 Å². The standard InChI is InChI=1S/C16H17BrO3/c1-3-19-15-6-4-5-7-16(15)20-14-9-8-12(11(2)18)10-13(14)17/h4-11,18H,3H2,1-2H3. The van der Waals surface area contributed by atoms with Gasteiger partial charge in [0, 0.05) is 0 Å². The van der Waals surface area contributed by atoms with Gasteiger partial charge in [-0.15, -0.1) is 0 Å². The molecule has 0 spiro atoms. The molecule has 0 radical (unpaired) electrons. The average Bonchev–Trinajstić information content (AvgIpc) is 2.43. The lowest BCUT2D eigenvalue weighted by Gasteiger charge is -2.13. The molecule has 0 heterocycles. The summed E-state index contributed by atoms with van der Waals surface area (Å²) >= 11 is 3.46. The Balaban J connectivity index is 2.26. The van der Waals surface area contributed by atoms with Crippen molar-refractivity contribution in [2.75, 3.05) is 6.61 Å². The van der Waals surface area contributed by atoms with E-state index in [2.05, 4.69) is 15.9 Å². The minimum absolute atomic E-state index is 0.504. The molecule has 20 heavy (non-hydrogen) atoms. The topological polar surface area (TPSA) is 38.7 Å². The number of ether oxygens (including phenoxy) is 2. The van der Waals surface area contributed by atoms with E-state index >= 15 is 0 Å². The maximum Gasteiger partial charge on any atom is 0.169 e. The van der Waals surface area contributed by atoms with E-state index < -0.39 is 6.10 Å². The van der Waals surface area contributed by atoms with Crippen LogP contribution in [0.5, 0.6) is 17.2 Å². The normalized spacial score (nSPS) is 12.0. The van der Waals surface area contributed by atoms with Gasteiger partial charge in [0.25, 0.3) is 0 Å². The Morgan fingerprint density at radius 3 is 2.40 bits per heavy atom. The summed E-state index contributed by atoms with van der Waals surface area (Å²) in [5, 5.41) is 9.56. The zero-order chi connectivity index (χ0) is 14.5. The van der Waals surface area contributed by atoms with Gasteiger partial charge in [-0.2, -0.15) is 0 Å². The summed E-state index contributed by atoms with van der Waals surface area (Å²) in [5.41, 5.74) is 0.835. The molecule has 0 fully saturated rings. The molecule has 0 aromatic heterocycles. The van der Waals surface area contributed by atoms with Crippen LogP contribution in [0.1, 0.15) is 25.5 Å². The quantitative estimate of drug-likeness (QED) is 0.860. The fourth-order valence-corrected chi connectivity index (χ4v) is 2.26. The van der Waals surface area contributed by atoms with E-state index in [9.17, 15) is 5.11 Å². The van der Waals surface area contributed by atoms with Crippen LogP contribution >= 0.6 is 15.9 Å². The second-order valence-corrected chi connectivity index (χ2v) is 5.20. The predicted molar refractivity (Wildman–Crippen MR) is 82.5 cm³/mol. The molecule has 0 saturated heterocycles. The van der Waals surface area contributed by atoms with Crippen molar-refractivity contribution in [3.63, 3.8) is 0 Å². The summed E-state index contributed by atoms with van der Waals surface area (Å²) in [6.45, 7) is 4.25. The SMILES string of the molecule is CCOc1ccccc1Oc1ccc(C(C)O)cc1Br. The number of rotatable bonds is 5. The van der Waals surface area contributed by atoms with Gasteiger partial charge < -0.3 is 14.6 Å². The lowest BCUT2D eigenvalue weighted by Crippen LogP contribution is -1.96. The third-order valence-corrected chi connectivity index (χ3v) is 3.43. The number of aliphatic hydroxyl groups is 1. The van der Waals surface area contributed by atoms with E-state index in [-0.39, 0.29) is 0 Å². The Kier molecular flexibility index (Phi) is 5.04. The number of halogens is 1. The van der Waals surface area contributed by atoms with Gasteiger partial charge in [0.05, 0.1) is 17.2 Å². The fourth-order valence-electron chi connectivity index (χ4n) is 1.79. The van der Waals surface area contributed by atoms with E-state index in [1.54, 1.807) is 6.92 Å². The van der Waals surface area contributed by atoms with Crippen molar-refractivity contribution in [1.29, 1.82) is 0 Å². The molecule has 1 N–H and O–H groups in total. The first-order valence-electron chi connectivity index (χ1n) is 6.49. The smallest absolute Gasteiger partial charge is 0.169 e. The Morgan fingerprint density at radius 2 is 1.80 bits per heavy atom. The predicted octanol–water partition coefficient (Wildman–Crippen LogP) is 4.69. The molecule has 2 rings (SSSR count). The number of hydrogen-bond acceptors (Lipinski definition) is 3. The Bertz CT molecular complexity index is 582. The third kappa shape index (κ3) is 3.52. The van der Waals surface area contributed by atoms with Crippen molar-refractivity contribution in [3.05, 3.63) is 52.5 Å². The van der Waals surface area contributed by atoms with E-state index in [4.69, 9.17) is 9.47 Å². The third-order valence-electron chi connectivity index (χ3n) is 2.81. The molecule has 0 bridgehead atoms. The van der Waals surface area contributed by atoms with Crippen LogP contribution in [0, 0.1) is 0 Å². The van der Waals surface area contributed by atoms with Gasteiger partial charge in [-0.25, -0.2) is 0 Å². The van der Waals surface area contributed by atoms with Crippen LogP contribution in [0.25, 0.3) is 0 Å². The number of benzene rings is 2. The van der Waals surface area contributed by atoms with Gasteiger partial charge in [0.15, 0.2) is 11.5 Å². The highest BCUT2D eigenvalue weighted by Crippen LogP contribution is 2.36. The highest BCUT2D eigenvalue weighted by Gasteiger charge is 2.10. The molecule has 3 nitrogen and oxygen atoms in total. The maximum absolute atomic E-state index is 9.56. The van der Waals surface area contributed by atoms with Crippen LogP contribution in [-0.4, -0.2) is 11.7 Å². The van der Waals surface area contributed by atoms with E-state index in [0.29, 0.717) is 23.9 Å². The molecule has 0 aliphatic rings. The average molecular weight is 337 g/mol. The van der Waals surface area contributed by atoms with Crippen molar-refractivity contribution >= 4 is 15.9 Å². The summed E-state index contributed by atoms with van der Waals surface area (Å²) in [6.07, 6.45) is -0.504. The molecule has 0 amide bonds. The largest absolute Gasteiger partial charge is 0.490 e. The maximum atomic E-state index is 9.56. The molecule has 1 unspecified atom stereocenters. The summed E-state index contributed by atoms with van der Waals surface area (Å²) in [4.78, 5) is 0.